The van der Waals surface area contributed by atoms with Crippen LogP contribution in [-0.2, 0) is 13.1 Å². The van der Waals surface area contributed by atoms with Gasteiger partial charge in [0.25, 0.3) is 5.69 Å². The lowest BCUT2D eigenvalue weighted by Crippen LogP contribution is -2.14. The Morgan fingerprint density at radius 2 is 1.81 bits per heavy atom. The molecule has 2 rings (SSSR count). The number of non-ortho nitro benzene ring substituents is 1. The van der Waals surface area contributed by atoms with E-state index in [4.69, 9.17) is 0 Å². The van der Waals surface area contributed by atoms with Gasteiger partial charge in [-0.2, -0.15) is 0 Å². The molecule has 0 aliphatic carbocycles. The number of nitro groups is 1. The average Bonchev–Trinajstić information content (AvgIpc) is 2.44. The quantitative estimate of drug-likeness (QED) is 0.652. The molecule has 7 heteroatoms. The van der Waals surface area contributed by atoms with Gasteiger partial charge in [-0.3, -0.25) is 10.1 Å². The topological polar surface area (TPSA) is 55.2 Å². The van der Waals surface area contributed by atoms with Gasteiger partial charge in [0, 0.05) is 35.3 Å². The molecule has 0 saturated carbocycles. The summed E-state index contributed by atoms with van der Waals surface area (Å²) in [6, 6.07) is 7.68. The third-order valence-electron chi connectivity index (χ3n) is 2.89. The van der Waals surface area contributed by atoms with Crippen LogP contribution in [0.4, 0.5) is 14.5 Å². The molecule has 0 unspecified atom stereocenters. The minimum absolute atomic E-state index is 0.0122. The van der Waals surface area contributed by atoms with Crippen LogP contribution in [0.5, 0.6) is 0 Å². The number of nitro benzene ring substituents is 1. The first kappa shape index (κ1) is 15.5. The van der Waals surface area contributed by atoms with Crippen LogP contribution in [0.15, 0.2) is 40.9 Å². The van der Waals surface area contributed by atoms with Crippen molar-refractivity contribution in [2.75, 3.05) is 0 Å². The Balaban J connectivity index is 2.00. The highest BCUT2D eigenvalue weighted by atomic mass is 79.9. The fourth-order valence-corrected chi connectivity index (χ4v) is 2.31. The van der Waals surface area contributed by atoms with Crippen molar-refractivity contribution >= 4 is 21.6 Å². The SMILES string of the molecule is O=[N+]([O-])c1ccc(CNCc2cc(F)ccc2F)c(Br)c1. The van der Waals surface area contributed by atoms with Crippen molar-refractivity contribution in [1.29, 1.82) is 0 Å². The molecule has 4 nitrogen and oxygen atoms in total. The van der Waals surface area contributed by atoms with E-state index in [1.54, 1.807) is 6.07 Å². The molecule has 0 heterocycles. The summed E-state index contributed by atoms with van der Waals surface area (Å²) >= 11 is 3.25. The fourth-order valence-electron chi connectivity index (χ4n) is 1.80. The predicted octanol–water partition coefficient (Wildman–Crippen LogP) is 3.93. The lowest BCUT2D eigenvalue weighted by Gasteiger charge is -2.08. The van der Waals surface area contributed by atoms with E-state index >= 15 is 0 Å². The largest absolute Gasteiger partial charge is 0.308 e. The summed E-state index contributed by atoms with van der Waals surface area (Å²) in [6.07, 6.45) is 0. The van der Waals surface area contributed by atoms with Crippen LogP contribution in [0.1, 0.15) is 11.1 Å². The lowest BCUT2D eigenvalue weighted by molar-refractivity contribution is -0.384. The molecule has 0 aliphatic rings. The van der Waals surface area contributed by atoms with E-state index in [1.165, 1.54) is 12.1 Å². The second-order valence-electron chi connectivity index (χ2n) is 4.37. The Bertz CT molecular complexity index is 680. The second-order valence-corrected chi connectivity index (χ2v) is 5.23. The van der Waals surface area contributed by atoms with Gasteiger partial charge in [-0.1, -0.05) is 15.9 Å². The third kappa shape index (κ3) is 4.05. The molecule has 2 aromatic carbocycles. The minimum atomic E-state index is -0.496. The highest BCUT2D eigenvalue weighted by Gasteiger charge is 2.09. The van der Waals surface area contributed by atoms with Crippen molar-refractivity contribution in [2.24, 2.45) is 0 Å². The molecule has 0 aromatic heterocycles. The number of nitrogens with zero attached hydrogens (tertiary/aromatic N) is 1. The van der Waals surface area contributed by atoms with Gasteiger partial charge in [0.15, 0.2) is 0 Å². The van der Waals surface area contributed by atoms with Crippen LogP contribution in [0, 0.1) is 21.7 Å². The fraction of sp³-hybridized carbons (Fsp3) is 0.143. The summed E-state index contributed by atoms with van der Waals surface area (Å²) in [5.41, 5.74) is 1.01. The van der Waals surface area contributed by atoms with Crippen LogP contribution in [0.2, 0.25) is 0 Å². The van der Waals surface area contributed by atoms with E-state index < -0.39 is 16.6 Å². The van der Waals surface area contributed by atoms with Crippen LogP contribution in [-0.4, -0.2) is 4.92 Å². The Hall–Kier alpha value is -1.86. The third-order valence-corrected chi connectivity index (χ3v) is 3.62. The zero-order valence-electron chi connectivity index (χ0n) is 10.8. The van der Waals surface area contributed by atoms with Gasteiger partial charge < -0.3 is 5.32 Å². The van der Waals surface area contributed by atoms with Gasteiger partial charge in [0.2, 0.25) is 0 Å². The number of benzene rings is 2. The maximum Gasteiger partial charge on any atom is 0.270 e. The second kappa shape index (κ2) is 6.73. The number of hydrogen-bond acceptors (Lipinski definition) is 3. The molecule has 0 bridgehead atoms. The van der Waals surface area contributed by atoms with Gasteiger partial charge in [0.05, 0.1) is 4.92 Å². The highest BCUT2D eigenvalue weighted by molar-refractivity contribution is 9.10. The molecular formula is C14H11BrF2N2O2. The lowest BCUT2D eigenvalue weighted by atomic mass is 10.2. The van der Waals surface area contributed by atoms with E-state index in [-0.39, 0.29) is 17.8 Å². The molecular weight excluding hydrogens is 346 g/mol. The predicted molar refractivity (Wildman–Crippen MR) is 77.7 cm³/mol. The molecule has 2 aromatic rings. The normalized spacial score (nSPS) is 10.6. The van der Waals surface area contributed by atoms with E-state index in [9.17, 15) is 18.9 Å². The van der Waals surface area contributed by atoms with Crippen LogP contribution in [0.3, 0.4) is 0 Å². The average molecular weight is 357 g/mol. The summed E-state index contributed by atoms with van der Waals surface area (Å²) < 4.78 is 27.0. The van der Waals surface area contributed by atoms with Crippen LogP contribution < -0.4 is 5.32 Å². The first-order valence-electron chi connectivity index (χ1n) is 6.05. The molecule has 21 heavy (non-hydrogen) atoms. The molecule has 0 spiro atoms. The van der Waals surface area contributed by atoms with Crippen molar-refractivity contribution in [2.45, 2.75) is 13.1 Å². The summed E-state index contributed by atoms with van der Waals surface area (Å²) in [5, 5.41) is 13.6. The van der Waals surface area contributed by atoms with Crippen molar-refractivity contribution in [1.82, 2.24) is 5.32 Å². The molecule has 0 fully saturated rings. The van der Waals surface area contributed by atoms with E-state index in [0.29, 0.717) is 11.0 Å². The van der Waals surface area contributed by atoms with E-state index in [1.807, 2.05) is 0 Å². The molecule has 0 radical (unpaired) electrons. The van der Waals surface area contributed by atoms with E-state index in [2.05, 4.69) is 21.2 Å². The Kier molecular flexibility index (Phi) is 4.98. The standard InChI is InChI=1S/C14H11BrF2N2O2/c15-13-6-12(19(20)21)3-1-9(13)7-18-8-10-5-11(16)2-4-14(10)17/h1-6,18H,7-8H2. The zero-order valence-corrected chi connectivity index (χ0v) is 12.4. The Morgan fingerprint density at radius 3 is 2.48 bits per heavy atom. The Labute approximate surface area is 128 Å². The van der Waals surface area contributed by atoms with Gasteiger partial charge >= 0.3 is 0 Å². The number of nitrogens with one attached hydrogen (secondary N) is 1. The first-order chi connectivity index (χ1) is 9.97. The molecule has 1 N–H and O–H groups in total. The number of rotatable bonds is 5. The maximum atomic E-state index is 13.4. The van der Waals surface area contributed by atoms with Crippen LogP contribution >= 0.6 is 15.9 Å². The summed E-state index contributed by atoms with van der Waals surface area (Å²) in [4.78, 5) is 10.1. The zero-order chi connectivity index (χ0) is 15.4. The minimum Gasteiger partial charge on any atom is -0.308 e. The molecule has 0 atom stereocenters. The van der Waals surface area contributed by atoms with Gasteiger partial charge in [0.1, 0.15) is 11.6 Å². The number of hydrogen-bond donors (Lipinski definition) is 1. The summed E-state index contributed by atoms with van der Waals surface area (Å²) in [6.45, 7) is 0.529. The van der Waals surface area contributed by atoms with Crippen molar-refractivity contribution in [3.8, 4) is 0 Å². The highest BCUT2D eigenvalue weighted by Crippen LogP contribution is 2.23. The van der Waals surface area contributed by atoms with Crippen LogP contribution in [0.25, 0.3) is 0 Å². The Morgan fingerprint density at radius 1 is 1.10 bits per heavy atom. The van der Waals surface area contributed by atoms with Gasteiger partial charge in [-0.15, -0.1) is 0 Å². The van der Waals surface area contributed by atoms with Crippen molar-refractivity contribution in [3.63, 3.8) is 0 Å². The van der Waals surface area contributed by atoms with Crippen molar-refractivity contribution < 1.29 is 13.7 Å². The first-order valence-corrected chi connectivity index (χ1v) is 6.84. The molecule has 0 saturated heterocycles. The smallest absolute Gasteiger partial charge is 0.270 e. The van der Waals surface area contributed by atoms with E-state index in [0.717, 1.165) is 23.8 Å². The molecule has 110 valence electrons. The molecule has 0 amide bonds. The van der Waals surface area contributed by atoms with Gasteiger partial charge in [-0.25, -0.2) is 8.78 Å². The summed E-state index contributed by atoms with van der Waals surface area (Å²) in [7, 11) is 0. The molecule has 0 aliphatic heterocycles. The number of halogens is 3. The van der Waals surface area contributed by atoms with Crippen molar-refractivity contribution in [3.05, 3.63) is 73.7 Å². The monoisotopic (exact) mass is 356 g/mol. The van der Waals surface area contributed by atoms with Gasteiger partial charge in [-0.05, 0) is 29.8 Å². The maximum absolute atomic E-state index is 13.4. The summed E-state index contributed by atoms with van der Waals surface area (Å²) in [5.74, 6) is -0.976.